The van der Waals surface area contributed by atoms with Crippen LogP contribution in [0, 0.1) is 0 Å². The summed E-state index contributed by atoms with van der Waals surface area (Å²) in [5.74, 6) is 1.25. The Morgan fingerprint density at radius 1 is 1.50 bits per heavy atom. The molecular formula is C13H19NO3S. The summed E-state index contributed by atoms with van der Waals surface area (Å²) in [6, 6.07) is 6.87. The molecule has 1 aromatic rings. The van der Waals surface area contributed by atoms with Crippen molar-refractivity contribution in [3.63, 3.8) is 0 Å². The van der Waals surface area contributed by atoms with Crippen molar-refractivity contribution in [1.29, 1.82) is 0 Å². The number of carbonyl (C=O) groups is 1. The van der Waals surface area contributed by atoms with Crippen LogP contribution in [-0.4, -0.2) is 31.1 Å². The molecule has 1 rings (SSSR count). The highest BCUT2D eigenvalue weighted by Crippen LogP contribution is 2.13. The van der Waals surface area contributed by atoms with Crippen molar-refractivity contribution in [2.45, 2.75) is 19.1 Å². The van der Waals surface area contributed by atoms with Gasteiger partial charge in [0.05, 0.1) is 7.11 Å². The van der Waals surface area contributed by atoms with Gasteiger partial charge in [0.2, 0.25) is 0 Å². The maximum Gasteiger partial charge on any atom is 0.323 e. The van der Waals surface area contributed by atoms with Crippen LogP contribution in [0.5, 0.6) is 5.75 Å². The van der Waals surface area contributed by atoms with Crippen LogP contribution in [0.2, 0.25) is 0 Å². The number of benzene rings is 1. The number of hydrogen-bond acceptors (Lipinski definition) is 5. The largest absolute Gasteiger partial charge is 0.497 e. The molecule has 18 heavy (non-hydrogen) atoms. The van der Waals surface area contributed by atoms with Crippen LogP contribution in [0.1, 0.15) is 12.0 Å². The molecule has 0 unspecified atom stereocenters. The summed E-state index contributed by atoms with van der Waals surface area (Å²) in [5, 5.41) is 0. The van der Waals surface area contributed by atoms with Gasteiger partial charge >= 0.3 is 5.97 Å². The molecular weight excluding hydrogens is 250 g/mol. The summed E-state index contributed by atoms with van der Waals surface area (Å²) in [6.07, 6.45) is 2.62. The maximum absolute atomic E-state index is 11.6. The highest BCUT2D eigenvalue weighted by Gasteiger charge is 2.14. The molecule has 0 fully saturated rings. The van der Waals surface area contributed by atoms with E-state index in [2.05, 4.69) is 0 Å². The van der Waals surface area contributed by atoms with Crippen molar-refractivity contribution in [1.82, 2.24) is 0 Å². The van der Waals surface area contributed by atoms with E-state index in [-0.39, 0.29) is 12.6 Å². The third-order valence-electron chi connectivity index (χ3n) is 2.45. The molecule has 0 radical (unpaired) electrons. The van der Waals surface area contributed by atoms with Crippen LogP contribution in [-0.2, 0) is 16.1 Å². The molecule has 0 aliphatic carbocycles. The summed E-state index contributed by atoms with van der Waals surface area (Å²) in [7, 11) is 1.60. The molecule has 4 nitrogen and oxygen atoms in total. The zero-order valence-electron chi connectivity index (χ0n) is 10.7. The van der Waals surface area contributed by atoms with Crippen LogP contribution >= 0.6 is 11.8 Å². The second-order valence-electron chi connectivity index (χ2n) is 3.85. The van der Waals surface area contributed by atoms with E-state index in [0.717, 1.165) is 17.1 Å². The molecule has 0 aliphatic heterocycles. The molecule has 1 aromatic carbocycles. The van der Waals surface area contributed by atoms with E-state index in [1.165, 1.54) is 0 Å². The van der Waals surface area contributed by atoms with E-state index < -0.39 is 6.04 Å². The molecule has 0 saturated heterocycles. The van der Waals surface area contributed by atoms with Gasteiger partial charge in [0.1, 0.15) is 18.4 Å². The first-order valence-electron chi connectivity index (χ1n) is 5.71. The number of methoxy groups -OCH3 is 1. The van der Waals surface area contributed by atoms with Gasteiger partial charge in [-0.2, -0.15) is 11.8 Å². The summed E-state index contributed by atoms with van der Waals surface area (Å²) in [6.45, 7) is 0.225. The Bertz CT molecular complexity index is 384. The molecule has 100 valence electrons. The molecule has 0 aliphatic rings. The monoisotopic (exact) mass is 269 g/mol. The molecule has 2 N–H and O–H groups in total. The second kappa shape index (κ2) is 8.00. The molecule has 0 heterocycles. The number of ether oxygens (including phenoxy) is 2. The van der Waals surface area contributed by atoms with Crippen molar-refractivity contribution in [2.24, 2.45) is 5.73 Å². The molecule has 1 atom stereocenters. The van der Waals surface area contributed by atoms with E-state index in [1.807, 2.05) is 30.5 Å². The lowest BCUT2D eigenvalue weighted by molar-refractivity contribution is -0.146. The van der Waals surface area contributed by atoms with Crippen molar-refractivity contribution in [3.05, 3.63) is 29.8 Å². The lowest BCUT2D eigenvalue weighted by Gasteiger charge is -2.11. The first-order valence-corrected chi connectivity index (χ1v) is 7.11. The van der Waals surface area contributed by atoms with Gasteiger partial charge in [0, 0.05) is 0 Å². The Hall–Kier alpha value is -1.20. The van der Waals surface area contributed by atoms with E-state index in [9.17, 15) is 4.79 Å². The Kier molecular flexibility index (Phi) is 6.60. The van der Waals surface area contributed by atoms with Crippen molar-refractivity contribution in [2.75, 3.05) is 19.1 Å². The summed E-state index contributed by atoms with van der Waals surface area (Å²) >= 11 is 1.66. The Morgan fingerprint density at radius 2 is 2.28 bits per heavy atom. The van der Waals surface area contributed by atoms with E-state index in [0.29, 0.717) is 6.42 Å². The number of nitrogens with two attached hydrogens (primary N) is 1. The lowest BCUT2D eigenvalue weighted by Crippen LogP contribution is -2.32. The van der Waals surface area contributed by atoms with Crippen molar-refractivity contribution < 1.29 is 14.3 Å². The van der Waals surface area contributed by atoms with Crippen LogP contribution in [0.3, 0.4) is 0 Å². The maximum atomic E-state index is 11.6. The minimum atomic E-state index is -0.539. The van der Waals surface area contributed by atoms with Crippen LogP contribution in [0.25, 0.3) is 0 Å². The fourth-order valence-electron chi connectivity index (χ4n) is 1.39. The third kappa shape index (κ3) is 4.98. The van der Waals surface area contributed by atoms with Crippen LogP contribution in [0.4, 0.5) is 0 Å². The summed E-state index contributed by atoms with van der Waals surface area (Å²) in [5.41, 5.74) is 6.60. The van der Waals surface area contributed by atoms with Gasteiger partial charge in [-0.25, -0.2) is 0 Å². The Balaban J connectivity index is 2.41. The molecule has 0 saturated carbocycles. The minimum Gasteiger partial charge on any atom is -0.497 e. The van der Waals surface area contributed by atoms with Gasteiger partial charge in [-0.1, -0.05) is 12.1 Å². The highest BCUT2D eigenvalue weighted by atomic mass is 32.2. The summed E-state index contributed by atoms with van der Waals surface area (Å²) < 4.78 is 10.3. The smallest absolute Gasteiger partial charge is 0.323 e. The number of rotatable bonds is 7. The Labute approximate surface area is 112 Å². The SMILES string of the molecule is COc1cccc(COC(=O)[C@@H](N)CCSC)c1. The van der Waals surface area contributed by atoms with Crippen molar-refractivity contribution >= 4 is 17.7 Å². The number of esters is 1. The number of thioether (sulfide) groups is 1. The number of carbonyl (C=O) groups excluding carboxylic acids is 1. The molecule has 0 bridgehead atoms. The third-order valence-corrected chi connectivity index (χ3v) is 3.09. The quantitative estimate of drug-likeness (QED) is 0.765. The van der Waals surface area contributed by atoms with Gasteiger partial charge in [-0.05, 0) is 36.1 Å². The van der Waals surface area contributed by atoms with Gasteiger partial charge < -0.3 is 15.2 Å². The first kappa shape index (κ1) is 14.9. The molecule has 0 aromatic heterocycles. The topological polar surface area (TPSA) is 61.5 Å². The average molecular weight is 269 g/mol. The minimum absolute atomic E-state index is 0.225. The van der Waals surface area contributed by atoms with Crippen molar-refractivity contribution in [3.8, 4) is 5.75 Å². The predicted octanol–water partition coefficient (Wildman–Crippen LogP) is 1.82. The van der Waals surface area contributed by atoms with E-state index in [4.69, 9.17) is 15.2 Å². The van der Waals surface area contributed by atoms with Gasteiger partial charge in [0.15, 0.2) is 0 Å². The average Bonchev–Trinajstić information content (AvgIpc) is 2.42. The van der Waals surface area contributed by atoms with Crippen LogP contribution in [0.15, 0.2) is 24.3 Å². The fourth-order valence-corrected chi connectivity index (χ4v) is 1.88. The Morgan fingerprint density at radius 3 is 2.94 bits per heavy atom. The van der Waals surface area contributed by atoms with Gasteiger partial charge in [-0.15, -0.1) is 0 Å². The molecule has 0 amide bonds. The van der Waals surface area contributed by atoms with E-state index in [1.54, 1.807) is 18.9 Å². The number of hydrogen-bond donors (Lipinski definition) is 1. The second-order valence-corrected chi connectivity index (χ2v) is 4.83. The highest BCUT2D eigenvalue weighted by molar-refractivity contribution is 7.98. The van der Waals surface area contributed by atoms with Gasteiger partial charge in [0.25, 0.3) is 0 Å². The zero-order chi connectivity index (χ0) is 13.4. The molecule has 0 spiro atoms. The lowest BCUT2D eigenvalue weighted by atomic mass is 10.2. The zero-order valence-corrected chi connectivity index (χ0v) is 11.5. The molecule has 5 heteroatoms. The van der Waals surface area contributed by atoms with E-state index >= 15 is 0 Å². The standard InChI is InChI=1S/C13H19NO3S/c1-16-11-5-3-4-10(8-11)9-17-13(15)12(14)6-7-18-2/h3-5,8,12H,6-7,9,14H2,1-2H3/t12-/m0/s1. The normalized spacial score (nSPS) is 11.9. The predicted molar refractivity (Wildman–Crippen MR) is 73.8 cm³/mol. The fraction of sp³-hybridized carbons (Fsp3) is 0.462. The van der Waals surface area contributed by atoms with Crippen LogP contribution < -0.4 is 10.5 Å². The van der Waals surface area contributed by atoms with Gasteiger partial charge in [-0.3, -0.25) is 4.79 Å². The first-order chi connectivity index (χ1) is 8.67. The summed E-state index contributed by atoms with van der Waals surface area (Å²) in [4.78, 5) is 11.6.